The molecule has 1 rings (SSSR count). The van der Waals surface area contributed by atoms with Gasteiger partial charge in [0.2, 0.25) is 5.91 Å². The number of phosphoric acid groups is 1. The number of carbonyl (C=O) groups excluding carboxylic acids is 1. The number of allylic oxidation sites excluding steroid dienone is 2. The SMILES string of the molecule is CCCCCCCCCCCCCC/C=C\CCCCCCCCCCCCCC(O)CC(=O)NC(COP(=O)(O)OC1C(O)C(O)C(O)C(O)C1O)C(O)CCCCC. The Labute approximate surface area is 363 Å². The lowest BCUT2D eigenvalue weighted by Crippen LogP contribution is -2.64. The summed E-state index contributed by atoms with van der Waals surface area (Å²) in [5.74, 6) is -0.570. The molecule has 356 valence electrons. The maximum Gasteiger partial charge on any atom is 0.472 e. The Hall–Kier alpha value is -0.960. The second-order valence-corrected chi connectivity index (χ2v) is 18.9. The molecule has 0 spiro atoms. The van der Waals surface area contributed by atoms with Gasteiger partial charge in [-0.15, -0.1) is 0 Å². The highest BCUT2D eigenvalue weighted by atomic mass is 31.2. The van der Waals surface area contributed by atoms with Crippen LogP contribution in [0.25, 0.3) is 0 Å². The summed E-state index contributed by atoms with van der Waals surface area (Å²) in [6.07, 6.45) is 25.7. The first-order chi connectivity index (χ1) is 28.8. The van der Waals surface area contributed by atoms with Crippen molar-refractivity contribution < 1.29 is 59.0 Å². The summed E-state index contributed by atoms with van der Waals surface area (Å²) in [5, 5.41) is 73.8. The first kappa shape index (κ1) is 57.1. The fourth-order valence-electron chi connectivity index (χ4n) is 7.89. The number of hydrogen-bond donors (Lipinski definition) is 9. The van der Waals surface area contributed by atoms with E-state index in [2.05, 4.69) is 24.4 Å². The molecular formula is C46H90NO12P. The molecule has 1 aliphatic rings. The van der Waals surface area contributed by atoms with Crippen LogP contribution >= 0.6 is 7.82 Å². The van der Waals surface area contributed by atoms with Gasteiger partial charge in [-0.05, 0) is 38.5 Å². The van der Waals surface area contributed by atoms with Crippen molar-refractivity contribution in [3.05, 3.63) is 12.2 Å². The first-order valence-corrected chi connectivity index (χ1v) is 25.7. The summed E-state index contributed by atoms with van der Waals surface area (Å²) >= 11 is 0. The highest BCUT2D eigenvalue weighted by Crippen LogP contribution is 2.47. The standard InChI is InChI=1S/C46H90NO12P/c1-3-5-7-8-9-10-11-12-13-14-15-16-17-18-19-20-21-22-23-24-25-26-27-28-29-30-32-33-37(48)35-40(50)47-38(39(49)34-31-6-4-2)36-58-60(56,57)59-46-44(54)42(52)41(51)43(53)45(46)55/h18-19,37-39,41-46,48-49,51-55H,3-17,20-36H2,1-2H3,(H,47,50)(H,56,57)/b19-18-. The Morgan fingerprint density at radius 3 is 1.38 bits per heavy atom. The summed E-state index contributed by atoms with van der Waals surface area (Å²) < 4.78 is 22.6. The molecule has 1 saturated carbocycles. The van der Waals surface area contributed by atoms with Gasteiger partial charge >= 0.3 is 7.82 Å². The molecule has 0 bridgehead atoms. The van der Waals surface area contributed by atoms with Gasteiger partial charge in [0.15, 0.2) is 0 Å². The Morgan fingerprint density at radius 1 is 0.567 bits per heavy atom. The molecule has 8 unspecified atom stereocenters. The van der Waals surface area contributed by atoms with E-state index in [1.165, 1.54) is 135 Å². The van der Waals surface area contributed by atoms with Crippen molar-refractivity contribution in [3.8, 4) is 0 Å². The molecule has 14 heteroatoms. The van der Waals surface area contributed by atoms with E-state index in [1.54, 1.807) is 0 Å². The van der Waals surface area contributed by atoms with Crippen LogP contribution in [0.3, 0.4) is 0 Å². The second kappa shape index (κ2) is 36.4. The van der Waals surface area contributed by atoms with Gasteiger partial charge in [0, 0.05) is 0 Å². The van der Waals surface area contributed by atoms with Crippen molar-refractivity contribution >= 4 is 13.7 Å². The third kappa shape index (κ3) is 28.0. The lowest BCUT2D eigenvalue weighted by atomic mass is 9.85. The van der Waals surface area contributed by atoms with E-state index in [-0.39, 0.29) is 12.8 Å². The fraction of sp³-hybridized carbons (Fsp3) is 0.935. The van der Waals surface area contributed by atoms with E-state index < -0.39 is 75.2 Å². The number of carbonyl (C=O) groups is 1. The van der Waals surface area contributed by atoms with Crippen LogP contribution in [0.1, 0.15) is 213 Å². The van der Waals surface area contributed by atoms with Crippen molar-refractivity contribution in [2.45, 2.75) is 268 Å². The van der Waals surface area contributed by atoms with E-state index in [1.807, 2.05) is 6.92 Å². The predicted octanol–water partition coefficient (Wildman–Crippen LogP) is 8.20. The van der Waals surface area contributed by atoms with Crippen molar-refractivity contribution in [1.82, 2.24) is 5.32 Å². The molecule has 13 nitrogen and oxygen atoms in total. The molecule has 60 heavy (non-hydrogen) atoms. The summed E-state index contributed by atoms with van der Waals surface area (Å²) in [4.78, 5) is 23.1. The summed E-state index contributed by atoms with van der Waals surface area (Å²) in [7, 11) is -5.09. The zero-order valence-electron chi connectivity index (χ0n) is 37.6. The Morgan fingerprint density at radius 2 is 0.933 bits per heavy atom. The molecule has 0 radical (unpaired) electrons. The molecule has 0 heterocycles. The minimum absolute atomic E-state index is 0.222. The number of amides is 1. The molecule has 1 fully saturated rings. The normalized spacial score (nSPS) is 23.4. The van der Waals surface area contributed by atoms with Crippen LogP contribution < -0.4 is 5.32 Å². The largest absolute Gasteiger partial charge is 0.472 e. The van der Waals surface area contributed by atoms with Crippen LogP contribution in [-0.2, 0) is 18.4 Å². The summed E-state index contributed by atoms with van der Waals surface area (Å²) in [6, 6.07) is -1.15. The van der Waals surface area contributed by atoms with Crippen molar-refractivity contribution in [2.75, 3.05) is 6.61 Å². The van der Waals surface area contributed by atoms with Crippen LogP contribution in [0.4, 0.5) is 0 Å². The molecule has 1 amide bonds. The van der Waals surface area contributed by atoms with Gasteiger partial charge in [-0.25, -0.2) is 4.57 Å². The number of aliphatic hydroxyl groups is 7. The van der Waals surface area contributed by atoms with Crippen molar-refractivity contribution in [2.24, 2.45) is 0 Å². The maximum absolute atomic E-state index is 12.8. The zero-order valence-corrected chi connectivity index (χ0v) is 38.5. The molecule has 8 atom stereocenters. The molecular weight excluding hydrogens is 789 g/mol. The van der Waals surface area contributed by atoms with E-state index in [9.17, 15) is 50.0 Å². The van der Waals surface area contributed by atoms with Gasteiger partial charge in [0.05, 0.1) is 31.3 Å². The van der Waals surface area contributed by atoms with Gasteiger partial charge < -0.3 is 46.0 Å². The van der Waals surface area contributed by atoms with E-state index in [0.717, 1.165) is 38.5 Å². The monoisotopic (exact) mass is 880 g/mol. The van der Waals surface area contributed by atoms with Gasteiger partial charge in [-0.2, -0.15) is 0 Å². The Bertz CT molecular complexity index is 1090. The number of rotatable bonds is 40. The topological polar surface area (TPSA) is 226 Å². The molecule has 1 aliphatic carbocycles. The zero-order chi connectivity index (χ0) is 44.4. The second-order valence-electron chi connectivity index (χ2n) is 17.5. The molecule has 9 N–H and O–H groups in total. The number of hydrogen-bond acceptors (Lipinski definition) is 11. The Kier molecular flexibility index (Phi) is 34.6. The molecule has 0 aliphatic heterocycles. The number of phosphoric ester groups is 1. The first-order valence-electron chi connectivity index (χ1n) is 24.2. The lowest BCUT2D eigenvalue weighted by Gasteiger charge is -2.41. The molecule has 0 saturated heterocycles. The highest BCUT2D eigenvalue weighted by molar-refractivity contribution is 7.47. The minimum Gasteiger partial charge on any atom is -0.393 e. The summed E-state index contributed by atoms with van der Waals surface area (Å²) in [5.41, 5.74) is 0. The van der Waals surface area contributed by atoms with Crippen LogP contribution in [0.2, 0.25) is 0 Å². The van der Waals surface area contributed by atoms with E-state index >= 15 is 0 Å². The number of unbranched alkanes of at least 4 members (excludes halogenated alkanes) is 25. The van der Waals surface area contributed by atoms with Crippen molar-refractivity contribution in [3.63, 3.8) is 0 Å². The smallest absolute Gasteiger partial charge is 0.393 e. The quantitative estimate of drug-likeness (QED) is 0.0161. The Balaban J connectivity index is 2.15. The molecule has 0 aromatic rings. The third-order valence-electron chi connectivity index (χ3n) is 11.9. The van der Waals surface area contributed by atoms with Crippen LogP contribution in [0.15, 0.2) is 12.2 Å². The minimum atomic E-state index is -5.09. The third-order valence-corrected chi connectivity index (χ3v) is 12.9. The van der Waals surface area contributed by atoms with Gasteiger partial charge in [-0.1, -0.05) is 180 Å². The predicted molar refractivity (Wildman–Crippen MR) is 238 cm³/mol. The van der Waals surface area contributed by atoms with E-state index in [4.69, 9.17) is 9.05 Å². The van der Waals surface area contributed by atoms with Crippen LogP contribution in [-0.4, -0.2) is 108 Å². The highest BCUT2D eigenvalue weighted by Gasteiger charge is 2.51. The lowest BCUT2D eigenvalue weighted by molar-refractivity contribution is -0.220. The molecule has 0 aromatic carbocycles. The number of nitrogens with one attached hydrogen (secondary N) is 1. The van der Waals surface area contributed by atoms with Gasteiger partial charge in [0.25, 0.3) is 0 Å². The van der Waals surface area contributed by atoms with Crippen LogP contribution in [0, 0.1) is 0 Å². The van der Waals surface area contributed by atoms with Crippen molar-refractivity contribution in [1.29, 1.82) is 0 Å². The van der Waals surface area contributed by atoms with Crippen LogP contribution in [0.5, 0.6) is 0 Å². The summed E-state index contributed by atoms with van der Waals surface area (Å²) in [6.45, 7) is 3.57. The van der Waals surface area contributed by atoms with Gasteiger partial charge in [0.1, 0.15) is 36.6 Å². The maximum atomic E-state index is 12.8. The fourth-order valence-corrected chi connectivity index (χ4v) is 8.85. The average molecular weight is 880 g/mol. The van der Waals surface area contributed by atoms with E-state index in [0.29, 0.717) is 12.8 Å². The average Bonchev–Trinajstić information content (AvgIpc) is 3.22. The van der Waals surface area contributed by atoms with Gasteiger partial charge in [-0.3, -0.25) is 13.8 Å². The number of aliphatic hydroxyl groups excluding tert-OH is 7. The molecule has 0 aromatic heterocycles.